The van der Waals surface area contributed by atoms with Crippen LogP contribution < -0.4 is 15.4 Å². The minimum absolute atomic E-state index is 0.0286. The minimum atomic E-state index is -1.40. The van der Waals surface area contributed by atoms with Crippen molar-refractivity contribution >= 4 is 58.4 Å². The number of amides is 2. The van der Waals surface area contributed by atoms with Crippen LogP contribution in [0.15, 0.2) is 47.0 Å². The van der Waals surface area contributed by atoms with E-state index in [2.05, 4.69) is 10.6 Å². The number of rotatable bonds is 8. The Balaban J connectivity index is 1.96. The summed E-state index contributed by atoms with van der Waals surface area (Å²) >= 11 is 13.6. The summed E-state index contributed by atoms with van der Waals surface area (Å²) in [6.45, 7) is 2.06. The molecular formula is C24H20Cl2FN3O5S. The average molecular weight is 552 g/mol. The molecule has 12 heteroatoms. The Morgan fingerprint density at radius 2 is 1.86 bits per heavy atom. The zero-order valence-electron chi connectivity index (χ0n) is 19.1. The molecule has 0 aliphatic carbocycles. The summed E-state index contributed by atoms with van der Waals surface area (Å²) in [7, 11) is 1.13. The van der Waals surface area contributed by atoms with E-state index in [9.17, 15) is 24.0 Å². The van der Waals surface area contributed by atoms with Gasteiger partial charge < -0.3 is 20.1 Å². The van der Waals surface area contributed by atoms with Crippen LogP contribution in [0.2, 0.25) is 10.0 Å². The molecular weight excluding hydrogens is 532 g/mol. The second-order valence-electron chi connectivity index (χ2n) is 7.41. The zero-order valence-corrected chi connectivity index (χ0v) is 21.4. The molecule has 0 aromatic heterocycles. The van der Waals surface area contributed by atoms with E-state index in [1.54, 1.807) is 6.92 Å². The molecule has 0 saturated carbocycles. The molecule has 0 saturated heterocycles. The largest absolute Gasteiger partial charge is 0.491 e. The number of allylic oxidation sites excluding steroid dienone is 1. The molecule has 0 bridgehead atoms. The van der Waals surface area contributed by atoms with E-state index < -0.39 is 35.4 Å². The van der Waals surface area contributed by atoms with Crippen molar-refractivity contribution in [3.8, 4) is 11.8 Å². The standard InChI is InChI=1S/C24H20Cl2FN3O5S/c1-3-35-21-16(25)8-12(9-17(21)26)19-15(10-28)23(30-22(32)20(19)24(33)34-2)36-11-18(31)29-14-6-4-13(27)5-7-14/h4-9,19-20H,3,11H2,1-2H3,(H,29,31)(H,30,32)/t19-,20+/m1/s1. The topological polar surface area (TPSA) is 118 Å². The van der Waals surface area contributed by atoms with Gasteiger partial charge >= 0.3 is 5.97 Å². The van der Waals surface area contributed by atoms with Crippen LogP contribution in [0.3, 0.4) is 0 Å². The van der Waals surface area contributed by atoms with Crippen molar-refractivity contribution in [2.75, 3.05) is 24.8 Å². The van der Waals surface area contributed by atoms with Crippen molar-refractivity contribution in [1.29, 1.82) is 5.26 Å². The van der Waals surface area contributed by atoms with Gasteiger partial charge in [-0.25, -0.2) is 4.39 Å². The van der Waals surface area contributed by atoms with Crippen LogP contribution in [-0.2, 0) is 19.1 Å². The highest BCUT2D eigenvalue weighted by atomic mass is 35.5. The van der Waals surface area contributed by atoms with Crippen molar-refractivity contribution in [3.63, 3.8) is 0 Å². The molecule has 1 aliphatic heterocycles. The predicted molar refractivity (Wildman–Crippen MR) is 134 cm³/mol. The third-order valence-corrected chi connectivity index (χ3v) is 6.71. The molecule has 0 spiro atoms. The first-order chi connectivity index (χ1) is 17.2. The molecule has 2 N–H and O–H groups in total. The molecule has 0 fully saturated rings. The lowest BCUT2D eigenvalue weighted by Gasteiger charge is -2.31. The number of hydrogen-bond acceptors (Lipinski definition) is 7. The zero-order chi connectivity index (χ0) is 26.4. The number of carbonyl (C=O) groups excluding carboxylic acids is 3. The Morgan fingerprint density at radius 1 is 1.22 bits per heavy atom. The van der Waals surface area contributed by atoms with Crippen LogP contribution in [0, 0.1) is 23.1 Å². The van der Waals surface area contributed by atoms with E-state index in [-0.39, 0.29) is 32.1 Å². The maximum Gasteiger partial charge on any atom is 0.319 e. The van der Waals surface area contributed by atoms with Crippen molar-refractivity contribution in [2.24, 2.45) is 5.92 Å². The second-order valence-corrected chi connectivity index (χ2v) is 9.21. The quantitative estimate of drug-likeness (QED) is 0.362. The smallest absolute Gasteiger partial charge is 0.319 e. The number of nitrogens with zero attached hydrogens (tertiary/aromatic N) is 1. The number of methoxy groups -OCH3 is 1. The van der Waals surface area contributed by atoms with Gasteiger partial charge in [-0.3, -0.25) is 14.4 Å². The number of halogens is 3. The molecule has 36 heavy (non-hydrogen) atoms. The predicted octanol–water partition coefficient (Wildman–Crippen LogP) is 4.64. The van der Waals surface area contributed by atoms with Crippen molar-refractivity contribution < 1.29 is 28.2 Å². The number of anilines is 1. The molecule has 8 nitrogen and oxygen atoms in total. The van der Waals surface area contributed by atoms with Crippen LogP contribution in [0.1, 0.15) is 18.4 Å². The van der Waals surface area contributed by atoms with Gasteiger partial charge in [-0.1, -0.05) is 35.0 Å². The van der Waals surface area contributed by atoms with E-state index in [4.69, 9.17) is 32.7 Å². The first-order valence-corrected chi connectivity index (χ1v) is 12.3. The fourth-order valence-corrected chi connectivity index (χ4v) is 5.05. The fourth-order valence-electron chi connectivity index (χ4n) is 3.59. The number of esters is 1. The van der Waals surface area contributed by atoms with Crippen LogP contribution in [0.25, 0.3) is 0 Å². The lowest BCUT2D eigenvalue weighted by Crippen LogP contribution is -2.44. The number of thioether (sulfide) groups is 1. The highest BCUT2D eigenvalue weighted by molar-refractivity contribution is 8.03. The third kappa shape index (κ3) is 6.10. The molecule has 0 unspecified atom stereocenters. The molecule has 2 aromatic rings. The highest BCUT2D eigenvalue weighted by Crippen LogP contribution is 2.44. The number of ether oxygens (including phenoxy) is 2. The van der Waals surface area contributed by atoms with E-state index in [1.807, 2.05) is 6.07 Å². The molecule has 1 heterocycles. The monoisotopic (exact) mass is 551 g/mol. The van der Waals surface area contributed by atoms with Gasteiger partial charge in [-0.15, -0.1) is 0 Å². The molecule has 2 aromatic carbocycles. The first kappa shape index (κ1) is 27.3. The van der Waals surface area contributed by atoms with E-state index >= 15 is 0 Å². The summed E-state index contributed by atoms with van der Waals surface area (Å²) in [5.74, 6) is -4.90. The van der Waals surface area contributed by atoms with Gasteiger partial charge in [-0.05, 0) is 48.9 Å². The normalized spacial score (nSPS) is 17.2. The maximum absolute atomic E-state index is 13.1. The van der Waals surface area contributed by atoms with E-state index in [0.29, 0.717) is 17.9 Å². The number of nitriles is 1. The van der Waals surface area contributed by atoms with Crippen LogP contribution in [0.4, 0.5) is 10.1 Å². The summed E-state index contributed by atoms with van der Waals surface area (Å²) in [6, 6.07) is 10.2. The number of benzene rings is 2. The SMILES string of the molecule is CCOc1c(Cl)cc([C@@H]2C(C#N)=C(SCC(=O)Nc3ccc(F)cc3)NC(=O)[C@H]2C(=O)OC)cc1Cl. The van der Waals surface area contributed by atoms with Gasteiger partial charge in [0.15, 0.2) is 5.75 Å². The van der Waals surface area contributed by atoms with Crippen LogP contribution in [0.5, 0.6) is 5.75 Å². The van der Waals surface area contributed by atoms with Crippen LogP contribution in [-0.4, -0.2) is 37.3 Å². The van der Waals surface area contributed by atoms with Crippen LogP contribution >= 0.6 is 35.0 Å². The van der Waals surface area contributed by atoms with Gasteiger partial charge in [0, 0.05) is 11.6 Å². The lowest BCUT2D eigenvalue weighted by atomic mass is 9.78. The highest BCUT2D eigenvalue weighted by Gasteiger charge is 2.44. The number of carbonyl (C=O) groups is 3. The van der Waals surface area contributed by atoms with Crippen molar-refractivity contribution in [1.82, 2.24) is 5.32 Å². The molecule has 2 amide bonds. The molecule has 1 aliphatic rings. The number of hydrogen-bond donors (Lipinski definition) is 2. The Labute approximate surface area is 220 Å². The second kappa shape index (κ2) is 12.1. The summed E-state index contributed by atoms with van der Waals surface area (Å²) in [5.41, 5.74) is 0.733. The molecule has 2 atom stereocenters. The molecule has 0 radical (unpaired) electrons. The molecule has 3 rings (SSSR count). The van der Waals surface area contributed by atoms with Gasteiger partial charge in [0.05, 0.1) is 46.2 Å². The third-order valence-electron chi connectivity index (χ3n) is 5.13. The fraction of sp³-hybridized carbons (Fsp3) is 0.250. The average Bonchev–Trinajstić information content (AvgIpc) is 2.85. The Bertz CT molecular complexity index is 1240. The first-order valence-electron chi connectivity index (χ1n) is 10.5. The Kier molecular flexibility index (Phi) is 9.20. The van der Waals surface area contributed by atoms with E-state index in [0.717, 1.165) is 18.9 Å². The summed E-state index contributed by atoms with van der Waals surface area (Å²) in [5, 5.41) is 15.5. The summed E-state index contributed by atoms with van der Waals surface area (Å²) in [4.78, 5) is 37.9. The minimum Gasteiger partial charge on any atom is -0.491 e. The van der Waals surface area contributed by atoms with Gasteiger partial charge in [0.1, 0.15) is 11.7 Å². The Hall–Kier alpha value is -3.26. The lowest BCUT2D eigenvalue weighted by molar-refractivity contribution is -0.150. The Morgan fingerprint density at radius 3 is 2.42 bits per heavy atom. The van der Waals surface area contributed by atoms with Crippen molar-refractivity contribution in [3.05, 3.63) is 68.4 Å². The molecule has 188 valence electrons. The summed E-state index contributed by atoms with van der Waals surface area (Å²) in [6.07, 6.45) is 0. The van der Waals surface area contributed by atoms with Crippen molar-refractivity contribution in [2.45, 2.75) is 12.8 Å². The summed E-state index contributed by atoms with van der Waals surface area (Å²) < 4.78 is 23.3. The van der Waals surface area contributed by atoms with Gasteiger partial charge in [0.25, 0.3) is 0 Å². The van der Waals surface area contributed by atoms with Gasteiger partial charge in [0.2, 0.25) is 11.8 Å². The number of nitrogens with one attached hydrogen (secondary N) is 2. The van der Waals surface area contributed by atoms with Gasteiger partial charge in [-0.2, -0.15) is 5.26 Å². The van der Waals surface area contributed by atoms with E-state index in [1.165, 1.54) is 36.4 Å². The maximum atomic E-state index is 13.1.